The zero-order valence-electron chi connectivity index (χ0n) is 16.8. The highest BCUT2D eigenvalue weighted by atomic mass is 127. The van der Waals surface area contributed by atoms with E-state index in [0.29, 0.717) is 36.2 Å². The first-order valence-electron chi connectivity index (χ1n) is 9.54. The molecule has 3 rings (SSSR count). The van der Waals surface area contributed by atoms with Gasteiger partial charge in [-0.1, -0.05) is 0 Å². The summed E-state index contributed by atoms with van der Waals surface area (Å²) in [5, 5.41) is 10.9. The van der Waals surface area contributed by atoms with E-state index in [4.69, 9.17) is 0 Å². The zero-order chi connectivity index (χ0) is 21.2. The molecule has 3 heterocycles. The van der Waals surface area contributed by atoms with Crippen molar-refractivity contribution < 1.29 is 21.6 Å². The van der Waals surface area contributed by atoms with Crippen molar-refractivity contribution in [2.75, 3.05) is 26.7 Å². The summed E-state index contributed by atoms with van der Waals surface area (Å²) in [7, 11) is -3.58. The van der Waals surface area contributed by atoms with Gasteiger partial charge in [0.05, 0.1) is 6.54 Å². The number of aryl methyl sites for hydroxylation is 2. The van der Waals surface area contributed by atoms with Gasteiger partial charge in [0.1, 0.15) is 11.6 Å². The van der Waals surface area contributed by atoms with Gasteiger partial charge in [-0.3, -0.25) is 4.99 Å². The van der Waals surface area contributed by atoms with E-state index >= 15 is 0 Å². The lowest BCUT2D eigenvalue weighted by Gasteiger charge is -2.32. The molecule has 0 bridgehead atoms. The second-order valence-corrected chi connectivity index (χ2v) is 9.31. The van der Waals surface area contributed by atoms with E-state index in [9.17, 15) is 21.6 Å². The number of aliphatic imine (C=N–C) groups is 1. The van der Waals surface area contributed by atoms with Crippen LogP contribution >= 0.6 is 24.0 Å². The minimum atomic E-state index is -5.24. The summed E-state index contributed by atoms with van der Waals surface area (Å²) in [6.07, 6.45) is 2.45. The fraction of sp³-hybridized carbons (Fsp3) is 0.812. The van der Waals surface area contributed by atoms with Crippen molar-refractivity contribution in [2.45, 2.75) is 50.7 Å². The van der Waals surface area contributed by atoms with Crippen LogP contribution in [0.25, 0.3) is 0 Å². The Kier molecular flexibility index (Phi) is 8.35. The van der Waals surface area contributed by atoms with Crippen LogP contribution in [0.2, 0.25) is 0 Å². The van der Waals surface area contributed by atoms with E-state index in [2.05, 4.69) is 25.7 Å². The number of piperidine rings is 1. The first kappa shape index (κ1) is 25.1. The topological polar surface area (TPSA) is 105 Å². The number of hydrogen-bond acceptors (Lipinski definition) is 5. The first-order chi connectivity index (χ1) is 13.6. The summed E-state index contributed by atoms with van der Waals surface area (Å²) >= 11 is 0. The average Bonchev–Trinajstić information content (AvgIpc) is 3.03. The van der Waals surface area contributed by atoms with Crippen LogP contribution in [0.3, 0.4) is 0 Å². The molecule has 1 saturated heterocycles. The van der Waals surface area contributed by atoms with Gasteiger partial charge in [0.15, 0.2) is 5.96 Å². The molecule has 0 saturated carbocycles. The standard InChI is InChI=1S/C16H26F3N7O2S.HI/c1-11-22-14-4-3-13(10-26(14)24-11)23-15(20-2)21-9-12-5-7-25(8-6-12)29(27,28)16(17,18)19;/h12-13H,3-10H2,1-2H3,(H2,20,21,23);1H. The fourth-order valence-corrected chi connectivity index (χ4v) is 4.67. The van der Waals surface area contributed by atoms with Gasteiger partial charge in [-0.05, 0) is 32.1 Å². The summed E-state index contributed by atoms with van der Waals surface area (Å²) in [6.45, 7) is 2.80. The minimum absolute atomic E-state index is 0. The highest BCUT2D eigenvalue weighted by molar-refractivity contribution is 14.0. The van der Waals surface area contributed by atoms with Crippen LogP contribution in [0.4, 0.5) is 13.2 Å². The van der Waals surface area contributed by atoms with Gasteiger partial charge >= 0.3 is 15.5 Å². The van der Waals surface area contributed by atoms with Crippen molar-refractivity contribution in [1.29, 1.82) is 0 Å². The van der Waals surface area contributed by atoms with E-state index in [1.165, 1.54) is 0 Å². The number of alkyl halides is 3. The molecule has 30 heavy (non-hydrogen) atoms. The molecule has 1 atom stereocenters. The number of fused-ring (bicyclic) bond motifs is 1. The molecule has 2 aliphatic heterocycles. The molecule has 0 aromatic carbocycles. The molecule has 172 valence electrons. The number of halogens is 4. The van der Waals surface area contributed by atoms with Gasteiger partial charge in [0, 0.05) is 39.1 Å². The van der Waals surface area contributed by atoms with Crippen molar-refractivity contribution in [2.24, 2.45) is 10.9 Å². The van der Waals surface area contributed by atoms with Gasteiger partial charge in [-0.15, -0.1) is 24.0 Å². The van der Waals surface area contributed by atoms with Gasteiger partial charge in [0.2, 0.25) is 0 Å². The van der Waals surface area contributed by atoms with E-state index in [0.717, 1.165) is 24.5 Å². The van der Waals surface area contributed by atoms with Crippen LogP contribution in [-0.2, 0) is 23.0 Å². The van der Waals surface area contributed by atoms with Gasteiger partial charge < -0.3 is 10.6 Å². The predicted molar refractivity (Wildman–Crippen MR) is 116 cm³/mol. The lowest BCUT2D eigenvalue weighted by molar-refractivity contribution is -0.0496. The summed E-state index contributed by atoms with van der Waals surface area (Å²) in [5.74, 6) is 2.41. The number of rotatable bonds is 4. The molecule has 9 nitrogen and oxygen atoms in total. The summed E-state index contributed by atoms with van der Waals surface area (Å²) in [6, 6.07) is 0.147. The molecule has 0 amide bonds. The van der Waals surface area contributed by atoms with Crippen LogP contribution in [0.1, 0.15) is 30.9 Å². The molecule has 2 aliphatic rings. The normalized spacial score (nSPS) is 21.6. The van der Waals surface area contributed by atoms with Crippen LogP contribution in [-0.4, -0.2) is 71.7 Å². The van der Waals surface area contributed by atoms with Crippen molar-refractivity contribution in [3.63, 3.8) is 0 Å². The summed E-state index contributed by atoms with van der Waals surface area (Å²) in [5.41, 5.74) is -5.24. The SMILES string of the molecule is CN=C(NCC1CCN(S(=O)(=O)C(F)(F)F)CC1)NC1CCc2nc(C)nn2C1.I. The molecule has 1 fully saturated rings. The molecule has 1 aromatic heterocycles. The number of aromatic nitrogens is 3. The van der Waals surface area contributed by atoms with E-state index in [1.54, 1.807) is 7.05 Å². The Bertz CT molecular complexity index is 852. The van der Waals surface area contributed by atoms with E-state index in [1.807, 2.05) is 11.6 Å². The summed E-state index contributed by atoms with van der Waals surface area (Å²) in [4.78, 5) is 8.59. The van der Waals surface area contributed by atoms with Gasteiger partial charge in [-0.2, -0.15) is 22.6 Å². The lowest BCUT2D eigenvalue weighted by Crippen LogP contribution is -2.49. The molecule has 1 aromatic rings. The number of guanidine groups is 1. The smallest absolute Gasteiger partial charge is 0.356 e. The maximum Gasteiger partial charge on any atom is 0.511 e. The lowest BCUT2D eigenvalue weighted by atomic mass is 9.98. The molecule has 0 aliphatic carbocycles. The first-order valence-corrected chi connectivity index (χ1v) is 11.0. The maximum absolute atomic E-state index is 12.7. The molecule has 2 N–H and O–H groups in total. The van der Waals surface area contributed by atoms with Crippen molar-refractivity contribution in [3.8, 4) is 0 Å². The highest BCUT2D eigenvalue weighted by Gasteiger charge is 2.50. The number of hydrogen-bond donors (Lipinski definition) is 2. The Balaban J connectivity index is 0.00000320. The molecular formula is C16H27F3IN7O2S. The van der Waals surface area contributed by atoms with Crippen LogP contribution in [0.5, 0.6) is 0 Å². The monoisotopic (exact) mass is 565 g/mol. The molecule has 14 heteroatoms. The third-order valence-corrected chi connectivity index (χ3v) is 6.92. The molecule has 0 radical (unpaired) electrons. The van der Waals surface area contributed by atoms with E-state index in [-0.39, 0.29) is 49.0 Å². The molecular weight excluding hydrogens is 538 g/mol. The van der Waals surface area contributed by atoms with Gasteiger partial charge in [0.25, 0.3) is 0 Å². The van der Waals surface area contributed by atoms with Crippen LogP contribution in [0, 0.1) is 12.8 Å². The molecule has 1 unspecified atom stereocenters. The Hall–Kier alpha value is -1.16. The maximum atomic E-state index is 12.7. The Morgan fingerprint density at radius 3 is 2.53 bits per heavy atom. The number of sulfonamides is 1. The highest BCUT2D eigenvalue weighted by Crippen LogP contribution is 2.30. The van der Waals surface area contributed by atoms with E-state index < -0.39 is 15.5 Å². The summed E-state index contributed by atoms with van der Waals surface area (Å²) < 4.78 is 63.3. The second kappa shape index (κ2) is 9.97. The second-order valence-electron chi connectivity index (χ2n) is 7.38. The largest absolute Gasteiger partial charge is 0.511 e. The minimum Gasteiger partial charge on any atom is -0.356 e. The third-order valence-electron chi connectivity index (χ3n) is 5.29. The van der Waals surface area contributed by atoms with Crippen molar-refractivity contribution in [3.05, 3.63) is 11.6 Å². The van der Waals surface area contributed by atoms with Gasteiger partial charge in [-0.25, -0.2) is 18.1 Å². The Morgan fingerprint density at radius 2 is 1.93 bits per heavy atom. The Morgan fingerprint density at radius 1 is 1.27 bits per heavy atom. The fourth-order valence-electron chi connectivity index (χ4n) is 3.68. The Labute approximate surface area is 191 Å². The zero-order valence-corrected chi connectivity index (χ0v) is 20.0. The average molecular weight is 565 g/mol. The van der Waals surface area contributed by atoms with Crippen LogP contribution < -0.4 is 10.6 Å². The predicted octanol–water partition coefficient (Wildman–Crippen LogP) is 1.25. The quantitative estimate of drug-likeness (QED) is 0.324. The molecule has 0 spiro atoms. The number of nitrogens with zero attached hydrogens (tertiary/aromatic N) is 5. The van der Waals surface area contributed by atoms with Crippen LogP contribution in [0.15, 0.2) is 4.99 Å². The van der Waals surface area contributed by atoms with Crippen molar-refractivity contribution in [1.82, 2.24) is 29.7 Å². The number of nitrogens with one attached hydrogen (secondary N) is 2. The third kappa shape index (κ3) is 5.75. The van der Waals surface area contributed by atoms with Crippen molar-refractivity contribution >= 4 is 40.0 Å².